The van der Waals surface area contributed by atoms with E-state index in [0.717, 1.165) is 51.6 Å². The number of rotatable bonds is 7. The van der Waals surface area contributed by atoms with Gasteiger partial charge in [-0.15, -0.1) is 0 Å². The number of nitrogens with one attached hydrogen (secondary N) is 1. The second-order valence-electron chi connectivity index (χ2n) is 5.80. The maximum absolute atomic E-state index is 12.4. The minimum absolute atomic E-state index is 0.0273. The molecule has 1 fully saturated rings. The smallest absolute Gasteiger partial charge is 0.313 e. The largest absolute Gasteiger partial charge is 0.465 e. The quantitative estimate of drug-likeness (QED) is 0.710. The summed E-state index contributed by atoms with van der Waals surface area (Å²) in [5, 5.41) is 3.35. The Kier molecular flexibility index (Phi) is 6.69. The van der Waals surface area contributed by atoms with Gasteiger partial charge >= 0.3 is 5.97 Å². The van der Waals surface area contributed by atoms with Gasteiger partial charge in [-0.25, -0.2) is 0 Å². The van der Waals surface area contributed by atoms with Crippen LogP contribution in [0.2, 0.25) is 0 Å². The molecule has 2 atom stereocenters. The average Bonchev–Trinajstić information content (AvgIpc) is 2.38. The number of carbonyl (C=O) groups is 1. The lowest BCUT2D eigenvalue weighted by Gasteiger charge is -2.35. The van der Waals surface area contributed by atoms with Crippen LogP contribution in [0.1, 0.15) is 59.3 Å². The van der Waals surface area contributed by atoms with Crippen LogP contribution < -0.4 is 5.32 Å². The van der Waals surface area contributed by atoms with Crippen LogP contribution in [-0.2, 0) is 9.53 Å². The summed E-state index contributed by atoms with van der Waals surface area (Å²) >= 11 is 0. The van der Waals surface area contributed by atoms with Crippen LogP contribution in [0, 0.1) is 11.3 Å². The van der Waals surface area contributed by atoms with E-state index in [9.17, 15) is 4.79 Å². The monoisotopic (exact) mass is 255 g/mol. The summed E-state index contributed by atoms with van der Waals surface area (Å²) in [5.74, 6) is 0.508. The lowest BCUT2D eigenvalue weighted by atomic mass is 9.77. The summed E-state index contributed by atoms with van der Waals surface area (Å²) in [6.45, 7) is 8.87. The summed E-state index contributed by atoms with van der Waals surface area (Å²) in [5.41, 5.74) is -0.251. The number of esters is 1. The first kappa shape index (κ1) is 15.5. The van der Waals surface area contributed by atoms with Crippen LogP contribution in [0.3, 0.4) is 0 Å². The van der Waals surface area contributed by atoms with Crippen LogP contribution in [0.4, 0.5) is 0 Å². The minimum atomic E-state index is -0.251. The fourth-order valence-electron chi connectivity index (χ4n) is 2.88. The molecule has 1 N–H and O–H groups in total. The van der Waals surface area contributed by atoms with E-state index in [1.165, 1.54) is 0 Å². The van der Waals surface area contributed by atoms with Crippen molar-refractivity contribution >= 4 is 5.97 Å². The van der Waals surface area contributed by atoms with Gasteiger partial charge < -0.3 is 10.1 Å². The highest BCUT2D eigenvalue weighted by Crippen LogP contribution is 2.33. The Morgan fingerprint density at radius 1 is 1.39 bits per heavy atom. The first-order valence-corrected chi connectivity index (χ1v) is 7.52. The Bertz CT molecular complexity index is 241. The molecule has 0 saturated carbocycles. The molecule has 0 spiro atoms. The average molecular weight is 255 g/mol. The van der Waals surface area contributed by atoms with Crippen molar-refractivity contribution in [2.45, 2.75) is 59.3 Å². The number of carbonyl (C=O) groups excluding carboxylic acids is 1. The standard InChI is InChI=1S/C15H29NO2/c1-4-7-13(3)11-18-14(17)15(8-5-2)9-6-10-16-12-15/h13,16H,4-12H2,1-3H3. The zero-order valence-corrected chi connectivity index (χ0v) is 12.3. The van der Waals surface area contributed by atoms with Crippen molar-refractivity contribution in [1.29, 1.82) is 0 Å². The summed E-state index contributed by atoms with van der Waals surface area (Å²) in [4.78, 5) is 12.4. The first-order valence-electron chi connectivity index (χ1n) is 7.52. The first-order chi connectivity index (χ1) is 8.64. The predicted octanol–water partition coefficient (Wildman–Crippen LogP) is 3.14. The van der Waals surface area contributed by atoms with Crippen LogP contribution >= 0.6 is 0 Å². The molecule has 1 heterocycles. The second kappa shape index (κ2) is 7.78. The molecule has 0 aromatic rings. The van der Waals surface area contributed by atoms with Crippen molar-refractivity contribution in [3.63, 3.8) is 0 Å². The van der Waals surface area contributed by atoms with E-state index in [4.69, 9.17) is 4.74 Å². The minimum Gasteiger partial charge on any atom is -0.465 e. The van der Waals surface area contributed by atoms with E-state index in [2.05, 4.69) is 26.1 Å². The van der Waals surface area contributed by atoms with Gasteiger partial charge in [0.05, 0.1) is 12.0 Å². The number of piperidine rings is 1. The van der Waals surface area contributed by atoms with E-state index in [1.807, 2.05) is 0 Å². The van der Waals surface area contributed by atoms with Crippen LogP contribution in [-0.4, -0.2) is 25.7 Å². The Labute approximate surface area is 112 Å². The molecular formula is C15H29NO2. The highest BCUT2D eigenvalue weighted by Gasteiger charge is 2.40. The Hall–Kier alpha value is -0.570. The van der Waals surface area contributed by atoms with E-state index in [-0.39, 0.29) is 11.4 Å². The van der Waals surface area contributed by atoms with Gasteiger partial charge in [0.15, 0.2) is 0 Å². The lowest BCUT2D eigenvalue weighted by molar-refractivity contribution is -0.159. The zero-order valence-electron chi connectivity index (χ0n) is 12.3. The van der Waals surface area contributed by atoms with Crippen molar-refractivity contribution < 1.29 is 9.53 Å². The maximum Gasteiger partial charge on any atom is 0.313 e. The van der Waals surface area contributed by atoms with E-state index >= 15 is 0 Å². The van der Waals surface area contributed by atoms with Gasteiger partial charge in [0.25, 0.3) is 0 Å². The second-order valence-corrected chi connectivity index (χ2v) is 5.80. The molecule has 1 saturated heterocycles. The number of ether oxygens (including phenoxy) is 1. The summed E-state index contributed by atoms with van der Waals surface area (Å²) < 4.78 is 5.57. The molecule has 1 rings (SSSR count). The molecular weight excluding hydrogens is 226 g/mol. The summed E-state index contributed by atoms with van der Waals surface area (Å²) in [7, 11) is 0. The van der Waals surface area contributed by atoms with Crippen LogP contribution in [0.25, 0.3) is 0 Å². The van der Waals surface area contributed by atoms with Gasteiger partial charge in [-0.1, -0.05) is 33.6 Å². The number of hydrogen-bond donors (Lipinski definition) is 1. The van der Waals surface area contributed by atoms with Gasteiger partial charge in [0, 0.05) is 6.54 Å². The van der Waals surface area contributed by atoms with Crippen LogP contribution in [0.5, 0.6) is 0 Å². The molecule has 0 amide bonds. The normalized spacial score (nSPS) is 25.7. The third kappa shape index (κ3) is 4.27. The molecule has 3 nitrogen and oxygen atoms in total. The molecule has 1 aliphatic rings. The lowest BCUT2D eigenvalue weighted by Crippen LogP contribution is -2.46. The number of hydrogen-bond acceptors (Lipinski definition) is 3. The van der Waals surface area contributed by atoms with E-state index < -0.39 is 0 Å². The third-order valence-electron chi connectivity index (χ3n) is 3.91. The molecule has 1 aliphatic heterocycles. The Morgan fingerprint density at radius 2 is 2.17 bits per heavy atom. The third-order valence-corrected chi connectivity index (χ3v) is 3.91. The SMILES string of the molecule is CCCC(C)COC(=O)C1(CCC)CCCNC1. The Morgan fingerprint density at radius 3 is 2.72 bits per heavy atom. The maximum atomic E-state index is 12.4. The van der Waals surface area contributed by atoms with E-state index in [0.29, 0.717) is 12.5 Å². The summed E-state index contributed by atoms with van der Waals surface area (Å²) in [6, 6.07) is 0. The molecule has 18 heavy (non-hydrogen) atoms. The van der Waals surface area contributed by atoms with Crippen molar-refractivity contribution in [2.75, 3.05) is 19.7 Å². The molecule has 0 aliphatic carbocycles. The molecule has 0 radical (unpaired) electrons. The zero-order chi connectivity index (χ0) is 13.4. The summed E-state index contributed by atoms with van der Waals surface area (Å²) in [6.07, 6.45) is 6.34. The molecule has 2 unspecified atom stereocenters. The van der Waals surface area contributed by atoms with E-state index in [1.54, 1.807) is 0 Å². The molecule has 3 heteroatoms. The fraction of sp³-hybridized carbons (Fsp3) is 0.933. The van der Waals surface area contributed by atoms with Crippen molar-refractivity contribution in [2.24, 2.45) is 11.3 Å². The predicted molar refractivity (Wildman–Crippen MR) is 74.5 cm³/mol. The Balaban J connectivity index is 2.49. The van der Waals surface area contributed by atoms with Gasteiger partial charge in [0.2, 0.25) is 0 Å². The van der Waals surface area contributed by atoms with Gasteiger partial charge in [-0.3, -0.25) is 4.79 Å². The topological polar surface area (TPSA) is 38.3 Å². The van der Waals surface area contributed by atoms with Crippen molar-refractivity contribution in [3.8, 4) is 0 Å². The van der Waals surface area contributed by atoms with Gasteiger partial charge in [-0.05, 0) is 38.1 Å². The molecule has 0 bridgehead atoms. The van der Waals surface area contributed by atoms with Crippen LogP contribution in [0.15, 0.2) is 0 Å². The highest BCUT2D eigenvalue weighted by atomic mass is 16.5. The fourth-order valence-corrected chi connectivity index (χ4v) is 2.88. The van der Waals surface area contributed by atoms with Gasteiger partial charge in [0.1, 0.15) is 0 Å². The van der Waals surface area contributed by atoms with Gasteiger partial charge in [-0.2, -0.15) is 0 Å². The van der Waals surface area contributed by atoms with Crippen molar-refractivity contribution in [1.82, 2.24) is 5.32 Å². The molecule has 0 aromatic carbocycles. The molecule has 106 valence electrons. The van der Waals surface area contributed by atoms with Crippen molar-refractivity contribution in [3.05, 3.63) is 0 Å². The molecule has 0 aromatic heterocycles. The highest BCUT2D eigenvalue weighted by molar-refractivity contribution is 5.77.